The van der Waals surface area contributed by atoms with Gasteiger partial charge in [-0.2, -0.15) is 0 Å². The number of nitrogens with one attached hydrogen (secondary N) is 1. The van der Waals surface area contributed by atoms with Gasteiger partial charge >= 0.3 is 0 Å². The number of hydrogen-bond donors (Lipinski definition) is 1. The van der Waals surface area contributed by atoms with Crippen molar-refractivity contribution >= 4 is 0 Å². The van der Waals surface area contributed by atoms with E-state index in [0.717, 1.165) is 71.9 Å². The largest absolute Gasteiger partial charge is 0.324 e. The van der Waals surface area contributed by atoms with E-state index in [1.54, 1.807) is 0 Å². The Morgan fingerprint density at radius 2 is 1.26 bits per heavy atom. The highest BCUT2D eigenvalue weighted by molar-refractivity contribution is 5.04. The molecule has 1 N–H and O–H groups in total. The average Bonchev–Trinajstić information content (AvgIpc) is 2.96. The fourth-order valence-electron chi connectivity index (χ4n) is 5.68. The maximum atomic E-state index is 4.61. The van der Waals surface area contributed by atoms with Crippen LogP contribution in [0.3, 0.4) is 0 Å². The van der Waals surface area contributed by atoms with E-state index in [-0.39, 0.29) is 0 Å². The summed E-state index contributed by atoms with van der Waals surface area (Å²) in [6, 6.07) is 12.5. The number of pyridine rings is 2. The Balaban J connectivity index is 1.62. The highest BCUT2D eigenvalue weighted by atomic mass is 15.3. The summed E-state index contributed by atoms with van der Waals surface area (Å²) in [6.45, 7) is 23.9. The zero-order chi connectivity index (χ0) is 26.9. The van der Waals surface area contributed by atoms with Crippen LogP contribution in [-0.2, 0) is 13.1 Å². The van der Waals surface area contributed by atoms with Crippen LogP contribution in [0.15, 0.2) is 48.8 Å². The first-order valence-corrected chi connectivity index (χ1v) is 15.2. The van der Waals surface area contributed by atoms with Gasteiger partial charge < -0.3 is 14.7 Å². The summed E-state index contributed by atoms with van der Waals surface area (Å²) < 4.78 is 1.24. The molecule has 0 amide bonds. The smallest absolute Gasteiger partial charge is 0.0798 e. The summed E-state index contributed by atoms with van der Waals surface area (Å²) in [5.74, 6) is 0. The number of quaternary nitrogens is 1. The maximum Gasteiger partial charge on any atom is 0.0798 e. The van der Waals surface area contributed by atoms with Crippen molar-refractivity contribution in [1.82, 2.24) is 30.0 Å². The summed E-state index contributed by atoms with van der Waals surface area (Å²) in [7, 11) is 0. The SMILES string of the molecule is CC[N+](CC)(CC)CCCN1CCCN(Cc2ccccn2)CCNCCCN(Cc2ccccn2)CC1. The lowest BCUT2D eigenvalue weighted by molar-refractivity contribution is -0.923. The molecule has 2 aromatic heterocycles. The van der Waals surface area contributed by atoms with Gasteiger partial charge in [-0.15, -0.1) is 0 Å². The Morgan fingerprint density at radius 1 is 0.684 bits per heavy atom. The van der Waals surface area contributed by atoms with Gasteiger partial charge in [-0.3, -0.25) is 19.8 Å². The van der Waals surface area contributed by atoms with Gasteiger partial charge in [0.2, 0.25) is 0 Å². The fraction of sp³-hybridized carbons (Fsp3) is 0.677. The van der Waals surface area contributed by atoms with Crippen LogP contribution in [0.5, 0.6) is 0 Å². The Bertz CT molecular complexity index is 836. The second-order valence-corrected chi connectivity index (χ2v) is 10.9. The molecule has 0 saturated carbocycles. The minimum Gasteiger partial charge on any atom is -0.324 e. The fourth-order valence-corrected chi connectivity index (χ4v) is 5.68. The minimum atomic E-state index is 0.934. The van der Waals surface area contributed by atoms with Gasteiger partial charge in [0.1, 0.15) is 0 Å². The predicted molar refractivity (Wildman–Crippen MR) is 159 cm³/mol. The Morgan fingerprint density at radius 3 is 1.87 bits per heavy atom. The zero-order valence-corrected chi connectivity index (χ0v) is 24.5. The molecule has 0 aromatic carbocycles. The molecule has 212 valence electrons. The third kappa shape index (κ3) is 11.1. The lowest BCUT2D eigenvalue weighted by Crippen LogP contribution is -2.49. The molecule has 0 spiro atoms. The monoisotopic (exact) mass is 524 g/mol. The second kappa shape index (κ2) is 17.6. The molecule has 0 atom stereocenters. The van der Waals surface area contributed by atoms with Crippen LogP contribution in [0.2, 0.25) is 0 Å². The molecule has 1 saturated heterocycles. The first kappa shape index (κ1) is 30.6. The van der Waals surface area contributed by atoms with E-state index in [1.807, 2.05) is 24.5 Å². The molecule has 0 radical (unpaired) electrons. The molecule has 2 aromatic rings. The van der Waals surface area contributed by atoms with Gasteiger partial charge in [0.15, 0.2) is 0 Å². The van der Waals surface area contributed by atoms with Gasteiger partial charge in [-0.25, -0.2) is 0 Å². The summed E-state index contributed by atoms with van der Waals surface area (Å²) in [5.41, 5.74) is 2.35. The first-order valence-electron chi connectivity index (χ1n) is 15.2. The van der Waals surface area contributed by atoms with E-state index in [2.05, 4.69) is 75.0 Å². The van der Waals surface area contributed by atoms with Crippen LogP contribution < -0.4 is 5.32 Å². The normalized spacial score (nSPS) is 18.3. The third-order valence-corrected chi connectivity index (χ3v) is 8.46. The van der Waals surface area contributed by atoms with Gasteiger partial charge in [-0.1, -0.05) is 12.1 Å². The van der Waals surface area contributed by atoms with Crippen molar-refractivity contribution in [2.24, 2.45) is 0 Å². The van der Waals surface area contributed by atoms with Crippen LogP contribution in [-0.4, -0.2) is 114 Å². The van der Waals surface area contributed by atoms with Crippen molar-refractivity contribution in [2.75, 3.05) is 85.1 Å². The molecular formula is C31H54N7+. The number of hydrogen-bond acceptors (Lipinski definition) is 6. The molecule has 0 unspecified atom stereocenters. The van der Waals surface area contributed by atoms with Gasteiger partial charge in [0.25, 0.3) is 0 Å². The Hall–Kier alpha value is -1.90. The van der Waals surface area contributed by atoms with E-state index in [9.17, 15) is 0 Å². The quantitative estimate of drug-likeness (QED) is 0.452. The standard InChI is InChI=1S/C31H54N7/c1-4-38(5-2,6-3)27-13-23-35-21-12-22-36(28-30-14-7-9-17-33-30)24-19-32-16-11-20-37(26-25-35)29-31-15-8-10-18-34-31/h7-10,14-15,17-18,32H,4-6,11-13,16,19-29H2,1-3H3/q+1. The molecule has 3 rings (SSSR count). The molecule has 38 heavy (non-hydrogen) atoms. The summed E-state index contributed by atoms with van der Waals surface area (Å²) in [6.07, 6.45) is 7.47. The first-order chi connectivity index (χ1) is 18.7. The number of rotatable bonds is 11. The van der Waals surface area contributed by atoms with Crippen LogP contribution in [0, 0.1) is 0 Å². The molecule has 0 bridgehead atoms. The van der Waals surface area contributed by atoms with Crippen LogP contribution in [0.1, 0.15) is 51.4 Å². The average molecular weight is 525 g/mol. The van der Waals surface area contributed by atoms with Gasteiger partial charge in [0.05, 0.1) is 37.6 Å². The molecule has 0 aliphatic carbocycles. The second-order valence-electron chi connectivity index (χ2n) is 10.9. The summed E-state index contributed by atoms with van der Waals surface area (Å²) in [4.78, 5) is 17.1. The van der Waals surface area contributed by atoms with Crippen LogP contribution in [0.4, 0.5) is 0 Å². The lowest BCUT2D eigenvalue weighted by atomic mass is 10.2. The lowest BCUT2D eigenvalue weighted by Gasteiger charge is -2.37. The molecule has 7 nitrogen and oxygen atoms in total. The van der Waals surface area contributed by atoms with E-state index in [1.165, 1.54) is 61.4 Å². The molecule has 7 heteroatoms. The molecule has 1 aliphatic rings. The summed E-state index contributed by atoms with van der Waals surface area (Å²) >= 11 is 0. The highest BCUT2D eigenvalue weighted by Gasteiger charge is 2.21. The summed E-state index contributed by atoms with van der Waals surface area (Å²) in [5, 5.41) is 3.69. The maximum absolute atomic E-state index is 4.61. The van der Waals surface area contributed by atoms with Crippen molar-refractivity contribution in [3.8, 4) is 0 Å². The van der Waals surface area contributed by atoms with Gasteiger partial charge in [-0.05, 0) is 84.1 Å². The van der Waals surface area contributed by atoms with Crippen LogP contribution in [0.25, 0.3) is 0 Å². The van der Waals surface area contributed by atoms with Crippen molar-refractivity contribution in [3.63, 3.8) is 0 Å². The van der Waals surface area contributed by atoms with Gasteiger partial charge in [0, 0.05) is 64.6 Å². The van der Waals surface area contributed by atoms with Crippen LogP contribution >= 0.6 is 0 Å². The van der Waals surface area contributed by atoms with Crippen molar-refractivity contribution in [1.29, 1.82) is 0 Å². The van der Waals surface area contributed by atoms with E-state index >= 15 is 0 Å². The van der Waals surface area contributed by atoms with E-state index in [0.29, 0.717) is 0 Å². The third-order valence-electron chi connectivity index (χ3n) is 8.46. The van der Waals surface area contributed by atoms with Crippen molar-refractivity contribution < 1.29 is 4.48 Å². The van der Waals surface area contributed by atoms with Crippen molar-refractivity contribution in [3.05, 3.63) is 60.2 Å². The van der Waals surface area contributed by atoms with Crippen molar-refractivity contribution in [2.45, 2.75) is 53.1 Å². The molecule has 1 aliphatic heterocycles. The number of aromatic nitrogens is 2. The minimum absolute atomic E-state index is 0.934. The Labute approximate surface area is 232 Å². The topological polar surface area (TPSA) is 47.5 Å². The zero-order valence-electron chi connectivity index (χ0n) is 24.5. The molecule has 1 fully saturated rings. The number of nitrogens with zero attached hydrogens (tertiary/aromatic N) is 6. The Kier molecular flexibility index (Phi) is 14.2. The predicted octanol–water partition coefficient (Wildman–Crippen LogP) is 3.73. The van der Waals surface area contributed by atoms with E-state index < -0.39 is 0 Å². The highest BCUT2D eigenvalue weighted by Crippen LogP contribution is 2.10. The molecule has 3 heterocycles. The molecular weight excluding hydrogens is 470 g/mol. The van der Waals surface area contributed by atoms with E-state index in [4.69, 9.17) is 0 Å².